The summed E-state index contributed by atoms with van der Waals surface area (Å²) >= 11 is 1.55. The van der Waals surface area contributed by atoms with Crippen LogP contribution in [0.15, 0.2) is 53.9 Å². The molecule has 31 heavy (non-hydrogen) atoms. The van der Waals surface area contributed by atoms with Crippen molar-refractivity contribution in [2.75, 3.05) is 6.54 Å². The highest BCUT2D eigenvalue weighted by Gasteiger charge is 2.31. The van der Waals surface area contributed by atoms with Crippen molar-refractivity contribution in [1.29, 1.82) is 0 Å². The topological polar surface area (TPSA) is 55.4 Å². The predicted molar refractivity (Wildman–Crippen MR) is 118 cm³/mol. The monoisotopic (exact) mass is 435 g/mol. The molecule has 0 bridgehead atoms. The summed E-state index contributed by atoms with van der Waals surface area (Å²) in [6, 6.07) is 14.5. The maximum Gasteiger partial charge on any atom is 0.225 e. The van der Waals surface area contributed by atoms with E-state index in [1.54, 1.807) is 17.4 Å². The molecule has 6 heteroatoms. The summed E-state index contributed by atoms with van der Waals surface area (Å²) in [4.78, 5) is 25.4. The van der Waals surface area contributed by atoms with Gasteiger partial charge in [-0.1, -0.05) is 30.3 Å². The molecule has 0 unspecified atom stereocenters. The number of benzene rings is 2. The fraction of sp³-hybridized carbons (Fsp3) is 0.280. The molecule has 1 aliphatic carbocycles. The summed E-state index contributed by atoms with van der Waals surface area (Å²) in [5.74, 6) is 0.537. The fourth-order valence-corrected chi connectivity index (χ4v) is 4.67. The number of ether oxygens (including phenoxy) is 1. The quantitative estimate of drug-likeness (QED) is 0.542. The second-order valence-electron chi connectivity index (χ2n) is 8.12. The molecule has 2 aliphatic rings. The first-order chi connectivity index (χ1) is 15.1. The highest BCUT2D eigenvalue weighted by atomic mass is 32.1. The van der Waals surface area contributed by atoms with E-state index in [1.165, 1.54) is 6.07 Å². The summed E-state index contributed by atoms with van der Waals surface area (Å²) in [6.07, 6.45) is 2.39. The van der Waals surface area contributed by atoms with Gasteiger partial charge in [0.25, 0.3) is 0 Å². The molecule has 0 radical (unpaired) electrons. The van der Waals surface area contributed by atoms with E-state index in [1.807, 2.05) is 41.8 Å². The third-order valence-electron chi connectivity index (χ3n) is 5.79. The second kappa shape index (κ2) is 8.27. The van der Waals surface area contributed by atoms with Crippen molar-refractivity contribution in [3.63, 3.8) is 0 Å². The average Bonchev–Trinajstić information content (AvgIpc) is 3.33. The third-order valence-corrected chi connectivity index (χ3v) is 6.67. The van der Waals surface area contributed by atoms with Gasteiger partial charge in [-0.2, -0.15) is 0 Å². The number of hydrogen-bond donors (Lipinski definition) is 1. The third kappa shape index (κ3) is 4.26. The number of hydrogen-bond acceptors (Lipinski definition) is 4. The molecule has 2 heterocycles. The standard InChI is InChI=1S/C25H22FNO3S/c26-22-10-9-20(15-3-5-16(6-4-15)24(29)17-7-8-17)25-21(22)12-18(30-25)14-27-23(28)13-19-2-1-11-31-19/h1-6,9-11,17-18H,7-8,12-14H2,(H,27,28)/t18-/m0/s1. The molecule has 1 amide bonds. The van der Waals surface area contributed by atoms with E-state index in [0.717, 1.165) is 34.4 Å². The fourth-order valence-electron chi connectivity index (χ4n) is 3.96. The summed E-state index contributed by atoms with van der Waals surface area (Å²) in [7, 11) is 0. The molecule has 4 nitrogen and oxygen atoms in total. The van der Waals surface area contributed by atoms with Gasteiger partial charge in [-0.15, -0.1) is 11.3 Å². The Balaban J connectivity index is 1.28. The molecule has 0 spiro atoms. The van der Waals surface area contributed by atoms with Gasteiger partial charge < -0.3 is 10.1 Å². The zero-order valence-electron chi connectivity index (χ0n) is 16.9. The SMILES string of the molecule is O=C(Cc1cccs1)NC[C@@H]1Cc2c(F)ccc(-c3ccc(C(=O)C4CC4)cc3)c2O1. The highest BCUT2D eigenvalue weighted by Crippen LogP contribution is 2.40. The van der Waals surface area contributed by atoms with Crippen molar-refractivity contribution < 1.29 is 18.7 Å². The van der Waals surface area contributed by atoms with Gasteiger partial charge >= 0.3 is 0 Å². The van der Waals surface area contributed by atoms with Gasteiger partial charge in [0.05, 0.1) is 13.0 Å². The lowest BCUT2D eigenvalue weighted by molar-refractivity contribution is -0.120. The molecule has 1 aromatic heterocycles. The lowest BCUT2D eigenvalue weighted by Gasteiger charge is -2.14. The number of ketones is 1. The number of carbonyl (C=O) groups is 2. The smallest absolute Gasteiger partial charge is 0.225 e. The lowest BCUT2D eigenvalue weighted by Crippen LogP contribution is -2.35. The van der Waals surface area contributed by atoms with Crippen LogP contribution in [0.3, 0.4) is 0 Å². The van der Waals surface area contributed by atoms with E-state index in [4.69, 9.17) is 4.74 Å². The van der Waals surface area contributed by atoms with Gasteiger partial charge in [-0.25, -0.2) is 4.39 Å². The predicted octanol–water partition coefficient (Wildman–Crippen LogP) is 4.81. The van der Waals surface area contributed by atoms with Crippen LogP contribution in [-0.4, -0.2) is 24.3 Å². The summed E-state index contributed by atoms with van der Waals surface area (Å²) in [6.45, 7) is 0.326. The summed E-state index contributed by atoms with van der Waals surface area (Å²) in [5, 5.41) is 4.84. The van der Waals surface area contributed by atoms with Crippen molar-refractivity contribution in [2.24, 2.45) is 5.92 Å². The van der Waals surface area contributed by atoms with Gasteiger partial charge in [0.1, 0.15) is 17.7 Å². The summed E-state index contributed by atoms with van der Waals surface area (Å²) < 4.78 is 20.5. The maximum absolute atomic E-state index is 14.5. The first kappa shape index (κ1) is 19.9. The van der Waals surface area contributed by atoms with Crippen molar-refractivity contribution in [3.05, 3.63) is 75.7 Å². The Labute approximate surface area is 184 Å². The molecule has 3 aromatic rings. The van der Waals surface area contributed by atoms with Crippen molar-refractivity contribution >= 4 is 23.0 Å². The van der Waals surface area contributed by atoms with Gasteiger partial charge in [0, 0.05) is 33.9 Å². The van der Waals surface area contributed by atoms with Crippen LogP contribution in [0.4, 0.5) is 4.39 Å². The van der Waals surface area contributed by atoms with E-state index in [-0.39, 0.29) is 29.5 Å². The van der Waals surface area contributed by atoms with Gasteiger partial charge in [0.2, 0.25) is 5.91 Å². The van der Waals surface area contributed by atoms with Crippen LogP contribution >= 0.6 is 11.3 Å². The molecule has 5 rings (SSSR count). The van der Waals surface area contributed by atoms with Crippen LogP contribution in [0.5, 0.6) is 5.75 Å². The molecule has 1 saturated carbocycles. The van der Waals surface area contributed by atoms with Crippen LogP contribution < -0.4 is 10.1 Å². The minimum Gasteiger partial charge on any atom is -0.487 e. The van der Waals surface area contributed by atoms with Crippen molar-refractivity contribution in [2.45, 2.75) is 31.8 Å². The number of halogens is 1. The molecule has 158 valence electrons. The molecule has 2 aromatic carbocycles. The molecule has 1 fully saturated rings. The Morgan fingerprint density at radius 1 is 1.10 bits per heavy atom. The number of amides is 1. The number of thiophene rings is 1. The van der Waals surface area contributed by atoms with E-state index < -0.39 is 0 Å². The maximum atomic E-state index is 14.5. The minimum absolute atomic E-state index is 0.0707. The number of carbonyl (C=O) groups excluding carboxylic acids is 2. The van der Waals surface area contributed by atoms with Gasteiger partial charge in [-0.05, 0) is 42.0 Å². The first-order valence-electron chi connectivity index (χ1n) is 10.5. The number of rotatable bonds is 7. The van der Waals surface area contributed by atoms with E-state index in [2.05, 4.69) is 5.32 Å². The normalized spacial score (nSPS) is 17.1. The molecular weight excluding hydrogens is 413 g/mol. The Morgan fingerprint density at radius 3 is 2.61 bits per heavy atom. The van der Waals surface area contributed by atoms with Gasteiger partial charge in [-0.3, -0.25) is 9.59 Å². The zero-order valence-corrected chi connectivity index (χ0v) is 17.7. The van der Waals surface area contributed by atoms with E-state index in [9.17, 15) is 14.0 Å². The Hall–Kier alpha value is -2.99. The zero-order chi connectivity index (χ0) is 21.4. The van der Waals surface area contributed by atoms with Crippen LogP contribution in [0.25, 0.3) is 11.1 Å². The van der Waals surface area contributed by atoms with E-state index in [0.29, 0.717) is 30.7 Å². The van der Waals surface area contributed by atoms with Crippen LogP contribution in [0, 0.1) is 11.7 Å². The Morgan fingerprint density at radius 2 is 1.90 bits per heavy atom. The van der Waals surface area contributed by atoms with Crippen molar-refractivity contribution in [3.8, 4) is 16.9 Å². The molecule has 1 aliphatic heterocycles. The molecule has 0 saturated heterocycles. The average molecular weight is 436 g/mol. The van der Waals surface area contributed by atoms with Crippen LogP contribution in [0.1, 0.15) is 33.6 Å². The van der Waals surface area contributed by atoms with Crippen molar-refractivity contribution in [1.82, 2.24) is 5.32 Å². The van der Waals surface area contributed by atoms with Gasteiger partial charge in [0.15, 0.2) is 5.78 Å². The molecular formula is C25H22FNO3S. The number of Topliss-reactive ketones (excluding diaryl/α,β-unsaturated/α-hetero) is 1. The van der Waals surface area contributed by atoms with Crippen LogP contribution in [0.2, 0.25) is 0 Å². The Bertz CT molecular complexity index is 1120. The number of nitrogens with one attached hydrogen (secondary N) is 1. The largest absolute Gasteiger partial charge is 0.487 e. The lowest BCUT2D eigenvalue weighted by atomic mass is 9.98. The number of fused-ring (bicyclic) bond motifs is 1. The molecule has 1 N–H and O–H groups in total. The second-order valence-corrected chi connectivity index (χ2v) is 9.15. The highest BCUT2D eigenvalue weighted by molar-refractivity contribution is 7.10. The molecule has 1 atom stereocenters. The van der Waals surface area contributed by atoms with E-state index >= 15 is 0 Å². The minimum atomic E-state index is -0.311. The first-order valence-corrected chi connectivity index (χ1v) is 11.4. The summed E-state index contributed by atoms with van der Waals surface area (Å²) in [5.41, 5.74) is 2.94. The Kier molecular flexibility index (Phi) is 5.32. The van der Waals surface area contributed by atoms with Crippen LogP contribution in [-0.2, 0) is 17.6 Å².